The molecule has 0 aliphatic carbocycles. The molecule has 0 bridgehead atoms. The van der Waals surface area contributed by atoms with Crippen molar-refractivity contribution in [1.82, 2.24) is 4.98 Å². The van der Waals surface area contributed by atoms with E-state index in [0.717, 1.165) is 0 Å². The Hall–Kier alpha value is -2.67. The zero-order valence-corrected chi connectivity index (χ0v) is 11.3. The van der Waals surface area contributed by atoms with E-state index in [1.165, 1.54) is 36.5 Å². The third-order valence-electron chi connectivity index (χ3n) is 2.63. The minimum absolute atomic E-state index is 0.119. The molecular formula is C13H9ClN2O5. The summed E-state index contributed by atoms with van der Waals surface area (Å²) in [5.74, 6) is -0.863. The van der Waals surface area contributed by atoms with E-state index in [4.69, 9.17) is 21.4 Å². The van der Waals surface area contributed by atoms with Gasteiger partial charge >= 0.3 is 5.97 Å². The normalized spacial score (nSPS) is 10.1. The third-order valence-corrected chi connectivity index (χ3v) is 2.98. The minimum Gasteiger partial charge on any atom is -0.487 e. The van der Waals surface area contributed by atoms with E-state index in [-0.39, 0.29) is 34.3 Å². The van der Waals surface area contributed by atoms with Gasteiger partial charge in [0.15, 0.2) is 0 Å². The van der Waals surface area contributed by atoms with Crippen molar-refractivity contribution in [3.8, 4) is 5.75 Å². The Kier molecular flexibility index (Phi) is 4.34. The molecule has 1 heterocycles. The molecule has 1 aromatic carbocycles. The van der Waals surface area contributed by atoms with Crippen LogP contribution in [0.25, 0.3) is 0 Å². The first-order valence-electron chi connectivity index (χ1n) is 5.73. The maximum absolute atomic E-state index is 10.9. The van der Waals surface area contributed by atoms with E-state index >= 15 is 0 Å². The Morgan fingerprint density at radius 2 is 2.14 bits per heavy atom. The lowest BCUT2D eigenvalue weighted by molar-refractivity contribution is -0.385. The molecule has 0 saturated carbocycles. The number of ether oxygens (including phenoxy) is 1. The van der Waals surface area contributed by atoms with Gasteiger partial charge in [0.1, 0.15) is 18.1 Å². The molecule has 1 aromatic heterocycles. The highest BCUT2D eigenvalue weighted by Crippen LogP contribution is 2.27. The number of pyridine rings is 1. The second-order valence-electron chi connectivity index (χ2n) is 3.97. The lowest BCUT2D eigenvalue weighted by Crippen LogP contribution is -2.03. The van der Waals surface area contributed by atoms with Crippen LogP contribution in [0.15, 0.2) is 36.5 Å². The number of hydrogen-bond donors (Lipinski definition) is 1. The third kappa shape index (κ3) is 3.46. The number of benzene rings is 1. The van der Waals surface area contributed by atoms with Gasteiger partial charge in [-0.1, -0.05) is 17.7 Å². The van der Waals surface area contributed by atoms with Crippen molar-refractivity contribution in [3.05, 3.63) is 62.9 Å². The van der Waals surface area contributed by atoms with Crippen molar-refractivity contribution < 1.29 is 19.6 Å². The van der Waals surface area contributed by atoms with Crippen LogP contribution in [0.4, 0.5) is 5.69 Å². The maximum atomic E-state index is 10.9. The number of carboxylic acids is 1. The van der Waals surface area contributed by atoms with E-state index in [2.05, 4.69) is 4.98 Å². The summed E-state index contributed by atoms with van der Waals surface area (Å²) in [7, 11) is 0. The number of nitro benzene ring substituents is 1. The Morgan fingerprint density at radius 1 is 1.38 bits per heavy atom. The highest BCUT2D eigenvalue weighted by Gasteiger charge is 2.17. The fourth-order valence-corrected chi connectivity index (χ4v) is 1.83. The molecule has 0 spiro atoms. The van der Waals surface area contributed by atoms with Crippen LogP contribution in [0, 0.1) is 10.1 Å². The van der Waals surface area contributed by atoms with Gasteiger partial charge in [-0.3, -0.25) is 10.1 Å². The first-order chi connectivity index (χ1) is 9.99. The van der Waals surface area contributed by atoms with Crippen molar-refractivity contribution in [1.29, 1.82) is 0 Å². The van der Waals surface area contributed by atoms with Crippen molar-refractivity contribution in [2.75, 3.05) is 0 Å². The molecule has 2 aromatic rings. The van der Waals surface area contributed by atoms with Gasteiger partial charge in [-0.2, -0.15) is 0 Å². The quantitative estimate of drug-likeness (QED) is 0.673. The SMILES string of the molecule is O=C(O)c1ccc(OCc2c(Cl)cccc2[N+](=O)[O-])cn1. The number of aromatic nitrogens is 1. The number of nitrogens with zero attached hydrogens (tertiary/aromatic N) is 2. The van der Waals surface area contributed by atoms with E-state index in [1.807, 2.05) is 0 Å². The van der Waals surface area contributed by atoms with Crippen molar-refractivity contribution >= 4 is 23.3 Å². The number of carbonyl (C=O) groups is 1. The van der Waals surface area contributed by atoms with Crippen LogP contribution in [0.1, 0.15) is 16.1 Å². The van der Waals surface area contributed by atoms with Gasteiger partial charge in [0.25, 0.3) is 5.69 Å². The second kappa shape index (κ2) is 6.19. The summed E-state index contributed by atoms with van der Waals surface area (Å²) in [6, 6.07) is 7.03. The molecule has 0 unspecified atom stereocenters. The van der Waals surface area contributed by atoms with Gasteiger partial charge in [-0.05, 0) is 18.2 Å². The fourth-order valence-electron chi connectivity index (χ4n) is 1.61. The Bertz CT molecular complexity index is 687. The molecule has 1 N–H and O–H groups in total. The summed E-state index contributed by atoms with van der Waals surface area (Å²) in [4.78, 5) is 24.7. The Morgan fingerprint density at radius 3 is 2.71 bits per heavy atom. The summed E-state index contributed by atoms with van der Waals surface area (Å²) in [5.41, 5.74) is -0.0184. The summed E-state index contributed by atoms with van der Waals surface area (Å²) >= 11 is 5.93. The summed E-state index contributed by atoms with van der Waals surface area (Å²) in [6.45, 7) is -0.121. The molecule has 7 nitrogen and oxygen atoms in total. The second-order valence-corrected chi connectivity index (χ2v) is 4.37. The van der Waals surface area contributed by atoms with Crippen LogP contribution in [0.2, 0.25) is 5.02 Å². The highest BCUT2D eigenvalue weighted by molar-refractivity contribution is 6.31. The number of rotatable bonds is 5. The molecule has 0 atom stereocenters. The van der Waals surface area contributed by atoms with Gasteiger partial charge < -0.3 is 9.84 Å². The van der Waals surface area contributed by atoms with Crippen LogP contribution in [-0.4, -0.2) is 21.0 Å². The predicted octanol–water partition coefficient (Wildman–Crippen LogP) is 2.92. The molecule has 8 heteroatoms. The Balaban J connectivity index is 2.16. The smallest absolute Gasteiger partial charge is 0.354 e. The topological polar surface area (TPSA) is 103 Å². The predicted molar refractivity (Wildman–Crippen MR) is 73.6 cm³/mol. The standard InChI is InChI=1S/C13H9ClN2O5/c14-10-2-1-3-12(16(19)20)9(10)7-21-8-4-5-11(13(17)18)15-6-8/h1-6H,7H2,(H,17,18). The number of carboxylic acid groups (broad SMARTS) is 1. The van der Waals surface area contributed by atoms with Crippen LogP contribution in [-0.2, 0) is 6.61 Å². The van der Waals surface area contributed by atoms with Crippen LogP contribution in [0.5, 0.6) is 5.75 Å². The van der Waals surface area contributed by atoms with Crippen molar-refractivity contribution in [2.45, 2.75) is 6.61 Å². The van der Waals surface area contributed by atoms with Crippen LogP contribution in [0.3, 0.4) is 0 Å². The van der Waals surface area contributed by atoms with Gasteiger partial charge in [-0.25, -0.2) is 9.78 Å². The van der Waals surface area contributed by atoms with Crippen LogP contribution < -0.4 is 4.74 Å². The van der Waals surface area contributed by atoms with E-state index in [9.17, 15) is 14.9 Å². The molecule has 108 valence electrons. The van der Waals surface area contributed by atoms with Gasteiger partial charge in [-0.15, -0.1) is 0 Å². The summed E-state index contributed by atoms with van der Waals surface area (Å²) < 4.78 is 5.35. The highest BCUT2D eigenvalue weighted by atomic mass is 35.5. The van der Waals surface area contributed by atoms with E-state index in [1.54, 1.807) is 0 Å². The number of halogens is 1. The average molecular weight is 309 g/mol. The number of aromatic carboxylic acids is 1. The zero-order chi connectivity index (χ0) is 15.4. The average Bonchev–Trinajstić information content (AvgIpc) is 2.46. The summed E-state index contributed by atoms with van der Waals surface area (Å²) in [5, 5.41) is 19.9. The van der Waals surface area contributed by atoms with Crippen LogP contribution >= 0.6 is 11.6 Å². The zero-order valence-electron chi connectivity index (χ0n) is 10.5. The van der Waals surface area contributed by atoms with Crippen molar-refractivity contribution in [3.63, 3.8) is 0 Å². The maximum Gasteiger partial charge on any atom is 0.354 e. The lowest BCUT2D eigenvalue weighted by Gasteiger charge is -2.08. The first kappa shape index (κ1) is 14.7. The molecule has 21 heavy (non-hydrogen) atoms. The Labute approximate surface area is 123 Å². The first-order valence-corrected chi connectivity index (χ1v) is 6.10. The number of hydrogen-bond acceptors (Lipinski definition) is 5. The molecule has 0 radical (unpaired) electrons. The van der Waals surface area contributed by atoms with Gasteiger partial charge in [0.2, 0.25) is 0 Å². The van der Waals surface area contributed by atoms with Crippen molar-refractivity contribution in [2.24, 2.45) is 0 Å². The van der Waals surface area contributed by atoms with Gasteiger partial charge in [0.05, 0.1) is 21.7 Å². The number of nitro groups is 1. The van der Waals surface area contributed by atoms with E-state index < -0.39 is 10.9 Å². The minimum atomic E-state index is -1.15. The molecule has 0 fully saturated rings. The van der Waals surface area contributed by atoms with E-state index in [0.29, 0.717) is 0 Å². The summed E-state index contributed by atoms with van der Waals surface area (Å²) in [6.07, 6.45) is 1.23. The molecule has 0 saturated heterocycles. The molecule has 2 rings (SSSR count). The largest absolute Gasteiger partial charge is 0.487 e. The monoisotopic (exact) mass is 308 g/mol. The fraction of sp³-hybridized carbons (Fsp3) is 0.0769. The molecule has 0 amide bonds. The molecular weight excluding hydrogens is 300 g/mol. The molecule has 0 aliphatic heterocycles. The molecule has 0 aliphatic rings. The van der Waals surface area contributed by atoms with Gasteiger partial charge in [0, 0.05) is 6.07 Å². The lowest BCUT2D eigenvalue weighted by atomic mass is 10.2.